The number of rotatable bonds is 2. The van der Waals surface area contributed by atoms with Crippen LogP contribution in [0.2, 0.25) is 0 Å². The third kappa shape index (κ3) is 2.98. The van der Waals surface area contributed by atoms with Gasteiger partial charge in [-0.2, -0.15) is 0 Å². The van der Waals surface area contributed by atoms with E-state index in [0.29, 0.717) is 18.7 Å². The Morgan fingerprint density at radius 3 is 3.00 bits per heavy atom. The van der Waals surface area contributed by atoms with Crippen LogP contribution in [0.25, 0.3) is 0 Å². The summed E-state index contributed by atoms with van der Waals surface area (Å²) in [6.07, 6.45) is 0.838. The third-order valence-electron chi connectivity index (χ3n) is 3.38. The summed E-state index contributed by atoms with van der Waals surface area (Å²) in [7, 11) is 0. The molecular weight excluding hydrogens is 313 g/mol. The maximum Gasteiger partial charge on any atom is 0.255 e. The van der Waals surface area contributed by atoms with E-state index >= 15 is 0 Å². The Bertz CT molecular complexity index is 481. The molecule has 3 nitrogen and oxygen atoms in total. The van der Waals surface area contributed by atoms with E-state index in [0.717, 1.165) is 6.42 Å². The van der Waals surface area contributed by atoms with Crippen molar-refractivity contribution in [3.63, 3.8) is 0 Å². The third-order valence-corrected chi connectivity index (χ3v) is 4.19. The van der Waals surface area contributed by atoms with Gasteiger partial charge in [-0.05, 0) is 41.4 Å². The van der Waals surface area contributed by atoms with Crippen molar-refractivity contribution in [3.8, 4) is 0 Å². The molecule has 104 valence electrons. The Morgan fingerprint density at radius 1 is 1.58 bits per heavy atom. The van der Waals surface area contributed by atoms with Crippen LogP contribution in [0.5, 0.6) is 0 Å². The van der Waals surface area contributed by atoms with Gasteiger partial charge in [0.15, 0.2) is 0 Å². The van der Waals surface area contributed by atoms with Crippen LogP contribution in [-0.2, 0) is 4.74 Å². The highest BCUT2D eigenvalue weighted by Crippen LogP contribution is 2.24. The van der Waals surface area contributed by atoms with Crippen molar-refractivity contribution in [2.75, 3.05) is 13.2 Å². The van der Waals surface area contributed by atoms with Crippen molar-refractivity contribution >= 4 is 21.8 Å². The van der Waals surface area contributed by atoms with E-state index in [1.165, 1.54) is 6.07 Å². The second kappa shape index (κ2) is 6.01. The molecule has 1 saturated heterocycles. The van der Waals surface area contributed by atoms with Crippen LogP contribution < -0.4 is 0 Å². The Hall–Kier alpha value is -0.940. The minimum atomic E-state index is -0.416. The fourth-order valence-electron chi connectivity index (χ4n) is 2.25. The molecule has 1 aromatic rings. The summed E-state index contributed by atoms with van der Waals surface area (Å²) in [6.45, 7) is 5.04. The first kappa shape index (κ1) is 14.5. The average Bonchev–Trinajstić information content (AvgIpc) is 2.41. The lowest BCUT2D eigenvalue weighted by molar-refractivity contribution is -0.0444. The van der Waals surface area contributed by atoms with Gasteiger partial charge in [0.25, 0.3) is 5.91 Å². The van der Waals surface area contributed by atoms with Gasteiger partial charge in [-0.3, -0.25) is 4.79 Å². The van der Waals surface area contributed by atoms with Gasteiger partial charge in [0, 0.05) is 6.54 Å². The van der Waals surface area contributed by atoms with Gasteiger partial charge in [-0.1, -0.05) is 13.0 Å². The molecular formula is C14H17BrFNO2. The number of carbonyl (C=O) groups is 1. The van der Waals surface area contributed by atoms with E-state index in [1.54, 1.807) is 17.0 Å². The van der Waals surface area contributed by atoms with Crippen molar-refractivity contribution in [2.24, 2.45) is 0 Å². The summed E-state index contributed by atoms with van der Waals surface area (Å²) in [5.74, 6) is -0.561. The number of ether oxygens (including phenoxy) is 1. The van der Waals surface area contributed by atoms with E-state index in [2.05, 4.69) is 15.9 Å². The number of morpholine rings is 1. The summed E-state index contributed by atoms with van der Waals surface area (Å²) >= 11 is 3.15. The molecule has 5 heteroatoms. The monoisotopic (exact) mass is 329 g/mol. The minimum Gasteiger partial charge on any atom is -0.375 e. The maximum absolute atomic E-state index is 13.5. The molecule has 1 aliphatic heterocycles. The number of benzene rings is 1. The first-order chi connectivity index (χ1) is 9.04. The first-order valence-corrected chi connectivity index (χ1v) is 7.20. The number of hydrogen-bond donors (Lipinski definition) is 0. The van der Waals surface area contributed by atoms with Crippen LogP contribution in [-0.4, -0.2) is 36.1 Å². The molecule has 1 amide bonds. The Kier molecular flexibility index (Phi) is 4.58. The van der Waals surface area contributed by atoms with Gasteiger partial charge in [0.1, 0.15) is 5.82 Å². The Morgan fingerprint density at radius 2 is 2.32 bits per heavy atom. The fourth-order valence-corrected chi connectivity index (χ4v) is 2.69. The van der Waals surface area contributed by atoms with Crippen molar-refractivity contribution < 1.29 is 13.9 Å². The zero-order chi connectivity index (χ0) is 14.0. The van der Waals surface area contributed by atoms with Crippen molar-refractivity contribution in [1.82, 2.24) is 4.90 Å². The van der Waals surface area contributed by atoms with Crippen LogP contribution in [0.4, 0.5) is 4.39 Å². The number of hydrogen-bond acceptors (Lipinski definition) is 2. The van der Waals surface area contributed by atoms with Gasteiger partial charge < -0.3 is 9.64 Å². The van der Waals surface area contributed by atoms with Gasteiger partial charge in [-0.25, -0.2) is 4.39 Å². The highest BCUT2D eigenvalue weighted by Gasteiger charge is 2.31. The predicted molar refractivity (Wildman–Crippen MR) is 74.6 cm³/mol. The molecule has 19 heavy (non-hydrogen) atoms. The molecule has 2 rings (SSSR count). The number of halogens is 2. The normalized spacial score (nSPS) is 23.5. The van der Waals surface area contributed by atoms with E-state index in [9.17, 15) is 9.18 Å². The van der Waals surface area contributed by atoms with Crippen molar-refractivity contribution in [3.05, 3.63) is 34.1 Å². The van der Waals surface area contributed by atoms with E-state index in [1.807, 2.05) is 13.8 Å². The average molecular weight is 330 g/mol. The van der Waals surface area contributed by atoms with Gasteiger partial charge >= 0.3 is 0 Å². The van der Waals surface area contributed by atoms with Gasteiger partial charge in [0.2, 0.25) is 0 Å². The largest absolute Gasteiger partial charge is 0.375 e. The quantitative estimate of drug-likeness (QED) is 0.833. The minimum absolute atomic E-state index is 0.0130. The zero-order valence-electron chi connectivity index (χ0n) is 11.0. The summed E-state index contributed by atoms with van der Waals surface area (Å²) in [6, 6.07) is 4.58. The lowest BCUT2D eigenvalue weighted by atomic mass is 10.1. The molecule has 0 bridgehead atoms. The summed E-state index contributed by atoms with van der Waals surface area (Å²) in [4.78, 5) is 14.3. The second-order valence-corrected chi connectivity index (χ2v) is 5.56. The molecule has 1 fully saturated rings. The van der Waals surface area contributed by atoms with Crippen LogP contribution in [0.1, 0.15) is 30.6 Å². The molecule has 2 unspecified atom stereocenters. The van der Waals surface area contributed by atoms with Crippen molar-refractivity contribution in [1.29, 1.82) is 0 Å². The standard InChI is InChI=1S/C14H17BrFNO2/c1-3-10-8-19-9(2)7-17(10)14(18)11-5-4-6-12(16)13(11)15/h4-6,9-10H,3,7-8H2,1-2H3. The smallest absolute Gasteiger partial charge is 0.255 e. The Labute approximate surface area is 120 Å². The summed E-state index contributed by atoms with van der Waals surface area (Å²) in [5.41, 5.74) is 0.368. The molecule has 0 aliphatic carbocycles. The van der Waals surface area contributed by atoms with E-state index < -0.39 is 5.82 Å². The molecule has 0 spiro atoms. The molecule has 2 atom stereocenters. The molecule has 0 aromatic heterocycles. The molecule has 1 heterocycles. The van der Waals surface area contributed by atoms with Gasteiger partial charge in [0.05, 0.1) is 28.8 Å². The lowest BCUT2D eigenvalue weighted by Crippen LogP contribution is -2.51. The number of carbonyl (C=O) groups excluding carboxylic acids is 1. The molecule has 1 aromatic carbocycles. The molecule has 0 radical (unpaired) electrons. The van der Waals surface area contributed by atoms with E-state index in [4.69, 9.17) is 4.74 Å². The number of nitrogens with zero attached hydrogens (tertiary/aromatic N) is 1. The Balaban J connectivity index is 2.28. The second-order valence-electron chi connectivity index (χ2n) is 4.76. The fraction of sp³-hybridized carbons (Fsp3) is 0.500. The highest BCUT2D eigenvalue weighted by atomic mass is 79.9. The van der Waals surface area contributed by atoms with Crippen LogP contribution in [0, 0.1) is 5.82 Å². The topological polar surface area (TPSA) is 29.5 Å². The zero-order valence-corrected chi connectivity index (χ0v) is 12.6. The van der Waals surface area contributed by atoms with E-state index in [-0.39, 0.29) is 22.5 Å². The maximum atomic E-state index is 13.5. The molecule has 0 saturated carbocycles. The highest BCUT2D eigenvalue weighted by molar-refractivity contribution is 9.10. The summed E-state index contributed by atoms with van der Waals surface area (Å²) < 4.78 is 19.3. The molecule has 0 N–H and O–H groups in total. The van der Waals surface area contributed by atoms with Gasteiger partial charge in [-0.15, -0.1) is 0 Å². The molecule has 1 aliphatic rings. The SMILES string of the molecule is CCC1COC(C)CN1C(=O)c1cccc(F)c1Br. The predicted octanol–water partition coefficient (Wildman–Crippen LogP) is 3.23. The van der Waals surface area contributed by atoms with Crippen LogP contribution >= 0.6 is 15.9 Å². The first-order valence-electron chi connectivity index (χ1n) is 6.41. The summed E-state index contributed by atoms with van der Waals surface area (Å²) in [5, 5.41) is 0. The number of amides is 1. The van der Waals surface area contributed by atoms with Crippen LogP contribution in [0.3, 0.4) is 0 Å². The lowest BCUT2D eigenvalue weighted by Gasteiger charge is -2.38. The van der Waals surface area contributed by atoms with Crippen molar-refractivity contribution in [2.45, 2.75) is 32.4 Å². The van der Waals surface area contributed by atoms with Crippen LogP contribution in [0.15, 0.2) is 22.7 Å².